The fourth-order valence-corrected chi connectivity index (χ4v) is 0.837. The van der Waals surface area contributed by atoms with Gasteiger partial charge in [0.25, 0.3) is 5.88 Å². The van der Waals surface area contributed by atoms with Crippen molar-refractivity contribution in [3.05, 3.63) is 22.6 Å². The Morgan fingerprint density at radius 2 is 2.30 bits per heavy atom. The number of methoxy groups -OCH3 is 1. The van der Waals surface area contributed by atoms with Crippen molar-refractivity contribution in [2.45, 2.75) is 0 Å². The Labute approximate surface area is 66.2 Å². The lowest BCUT2D eigenvalue weighted by Crippen LogP contribution is -1.91. The summed E-state index contributed by atoms with van der Waals surface area (Å²) in [4.78, 5) is 3.71. The van der Waals surface area contributed by atoms with Gasteiger partial charge in [-0.25, -0.2) is 9.37 Å². The van der Waals surface area contributed by atoms with Gasteiger partial charge >= 0.3 is 0 Å². The molecule has 54 valence electrons. The molecule has 1 heterocycles. The molecule has 0 unspecified atom stereocenters. The molecule has 0 spiro atoms. The van der Waals surface area contributed by atoms with Gasteiger partial charge in [-0.2, -0.15) is 0 Å². The van der Waals surface area contributed by atoms with Crippen LogP contribution in [0.5, 0.6) is 5.88 Å². The summed E-state index contributed by atoms with van der Waals surface area (Å²) in [6, 6.07) is 2.80. The fraction of sp³-hybridized carbons (Fsp3) is 0.167. The zero-order chi connectivity index (χ0) is 7.56. The van der Waals surface area contributed by atoms with E-state index in [0.717, 1.165) is 0 Å². The third-order valence-corrected chi connectivity index (χ3v) is 1.41. The van der Waals surface area contributed by atoms with Crippen LogP contribution in [0.2, 0.25) is 0 Å². The molecule has 0 aliphatic carbocycles. The van der Waals surface area contributed by atoms with E-state index in [0.29, 0.717) is 4.60 Å². The Balaban J connectivity index is 3.09. The van der Waals surface area contributed by atoms with Crippen LogP contribution in [0.1, 0.15) is 0 Å². The van der Waals surface area contributed by atoms with Crippen LogP contribution in [0.3, 0.4) is 0 Å². The van der Waals surface area contributed by atoms with E-state index < -0.39 is 5.82 Å². The predicted molar refractivity (Wildman–Crippen MR) is 38.4 cm³/mol. The lowest BCUT2D eigenvalue weighted by Gasteiger charge is -1.98. The molecule has 0 fully saturated rings. The number of hydrogen-bond acceptors (Lipinski definition) is 2. The van der Waals surface area contributed by atoms with E-state index >= 15 is 0 Å². The number of halogens is 2. The molecule has 1 rings (SSSR count). The molecule has 1 aromatic heterocycles. The molecule has 4 heteroatoms. The highest BCUT2D eigenvalue weighted by molar-refractivity contribution is 9.10. The third kappa shape index (κ3) is 1.44. The van der Waals surface area contributed by atoms with Crippen molar-refractivity contribution in [2.75, 3.05) is 7.11 Å². The highest BCUT2D eigenvalue weighted by Gasteiger charge is 2.01. The maximum atomic E-state index is 12.6. The third-order valence-electron chi connectivity index (χ3n) is 0.973. The molecule has 1 aromatic rings. The Bertz CT molecular complexity index is 241. The lowest BCUT2D eigenvalue weighted by molar-refractivity contribution is 0.368. The van der Waals surface area contributed by atoms with Crippen LogP contribution in [0.4, 0.5) is 4.39 Å². The van der Waals surface area contributed by atoms with Crippen LogP contribution in [-0.2, 0) is 0 Å². The average molecular weight is 206 g/mol. The Morgan fingerprint density at radius 3 is 2.80 bits per heavy atom. The van der Waals surface area contributed by atoms with E-state index in [9.17, 15) is 4.39 Å². The summed E-state index contributed by atoms with van der Waals surface area (Å²) in [5.74, 6) is -0.444. The van der Waals surface area contributed by atoms with Gasteiger partial charge in [0, 0.05) is 0 Å². The van der Waals surface area contributed by atoms with Crippen molar-refractivity contribution >= 4 is 15.9 Å². The van der Waals surface area contributed by atoms with Crippen LogP contribution in [0.25, 0.3) is 0 Å². The lowest BCUT2D eigenvalue weighted by atomic mass is 10.5. The van der Waals surface area contributed by atoms with Gasteiger partial charge in [-0.1, -0.05) is 0 Å². The van der Waals surface area contributed by atoms with E-state index in [-0.39, 0.29) is 5.88 Å². The number of pyridine rings is 1. The largest absolute Gasteiger partial charge is 0.479 e. The predicted octanol–water partition coefficient (Wildman–Crippen LogP) is 1.99. The molecule has 0 aliphatic rings. The summed E-state index contributed by atoms with van der Waals surface area (Å²) < 4.78 is 17.7. The van der Waals surface area contributed by atoms with E-state index in [1.54, 1.807) is 0 Å². The van der Waals surface area contributed by atoms with Crippen molar-refractivity contribution < 1.29 is 9.13 Å². The van der Waals surface area contributed by atoms with Crippen molar-refractivity contribution in [2.24, 2.45) is 0 Å². The highest BCUT2D eigenvalue weighted by atomic mass is 79.9. The molecule has 0 saturated heterocycles. The Hall–Kier alpha value is -0.640. The molecule has 10 heavy (non-hydrogen) atoms. The molecule has 0 aliphatic heterocycles. The number of aromatic nitrogens is 1. The minimum atomic E-state index is -0.453. The summed E-state index contributed by atoms with van der Waals surface area (Å²) in [6.45, 7) is 0. The first-order chi connectivity index (χ1) is 4.74. The van der Waals surface area contributed by atoms with E-state index in [4.69, 9.17) is 0 Å². The number of nitrogens with zero attached hydrogens (tertiary/aromatic N) is 1. The topological polar surface area (TPSA) is 22.1 Å². The van der Waals surface area contributed by atoms with Gasteiger partial charge in [-0.05, 0) is 28.1 Å². The number of hydrogen-bond donors (Lipinski definition) is 0. The summed E-state index contributed by atoms with van der Waals surface area (Å²) >= 11 is 3.08. The molecule has 0 N–H and O–H groups in total. The Morgan fingerprint density at radius 1 is 1.60 bits per heavy atom. The SMILES string of the molecule is COc1nc(Br)ccc1F. The fourth-order valence-electron chi connectivity index (χ4n) is 0.544. The molecule has 0 saturated carbocycles. The minimum Gasteiger partial charge on any atom is -0.479 e. The number of rotatable bonds is 1. The summed E-state index contributed by atoms with van der Waals surface area (Å²) in [6.07, 6.45) is 0. The van der Waals surface area contributed by atoms with E-state index in [2.05, 4.69) is 25.7 Å². The Kier molecular flexibility index (Phi) is 2.21. The molecular formula is C6H5BrFNO. The van der Waals surface area contributed by atoms with Gasteiger partial charge in [-0.15, -0.1) is 0 Å². The standard InChI is InChI=1S/C6H5BrFNO/c1-10-6-4(8)2-3-5(7)9-6/h2-3H,1H3. The summed E-state index contributed by atoms with van der Waals surface area (Å²) in [5.41, 5.74) is 0. The maximum absolute atomic E-state index is 12.6. The van der Waals surface area contributed by atoms with Gasteiger partial charge in [0.15, 0.2) is 5.82 Å². The minimum absolute atomic E-state index is 0.00868. The second-order valence-electron chi connectivity index (χ2n) is 1.63. The monoisotopic (exact) mass is 205 g/mol. The summed E-state index contributed by atoms with van der Waals surface area (Å²) in [5, 5.41) is 0. The van der Waals surface area contributed by atoms with Crippen molar-refractivity contribution in [1.29, 1.82) is 0 Å². The molecule has 0 amide bonds. The normalized spacial score (nSPS) is 9.50. The van der Waals surface area contributed by atoms with Crippen LogP contribution < -0.4 is 4.74 Å². The summed E-state index contributed by atoms with van der Waals surface area (Å²) in [7, 11) is 1.37. The van der Waals surface area contributed by atoms with Gasteiger partial charge < -0.3 is 4.74 Å². The van der Waals surface area contributed by atoms with Gasteiger partial charge in [0.1, 0.15) is 4.60 Å². The van der Waals surface area contributed by atoms with Gasteiger partial charge in [-0.3, -0.25) is 0 Å². The smallest absolute Gasteiger partial charge is 0.251 e. The molecule has 0 aromatic carbocycles. The first-order valence-corrected chi connectivity index (χ1v) is 3.39. The van der Waals surface area contributed by atoms with Crippen molar-refractivity contribution in [3.63, 3.8) is 0 Å². The second kappa shape index (κ2) is 2.96. The molecule has 0 radical (unpaired) electrons. The molecule has 0 bridgehead atoms. The highest BCUT2D eigenvalue weighted by Crippen LogP contribution is 2.16. The molecular weight excluding hydrogens is 201 g/mol. The molecule has 2 nitrogen and oxygen atoms in total. The molecule has 0 atom stereocenters. The number of ether oxygens (including phenoxy) is 1. The van der Waals surface area contributed by atoms with Gasteiger partial charge in [0.05, 0.1) is 7.11 Å². The average Bonchev–Trinajstić information content (AvgIpc) is 1.94. The van der Waals surface area contributed by atoms with Gasteiger partial charge in [0.2, 0.25) is 0 Å². The van der Waals surface area contributed by atoms with Crippen LogP contribution >= 0.6 is 15.9 Å². The van der Waals surface area contributed by atoms with Crippen molar-refractivity contribution in [3.8, 4) is 5.88 Å². The first kappa shape index (κ1) is 7.47. The second-order valence-corrected chi connectivity index (χ2v) is 2.44. The van der Waals surface area contributed by atoms with Crippen LogP contribution in [0, 0.1) is 5.82 Å². The maximum Gasteiger partial charge on any atom is 0.251 e. The zero-order valence-electron chi connectivity index (χ0n) is 5.27. The van der Waals surface area contributed by atoms with Crippen LogP contribution in [0.15, 0.2) is 16.7 Å². The first-order valence-electron chi connectivity index (χ1n) is 2.60. The van der Waals surface area contributed by atoms with Crippen LogP contribution in [-0.4, -0.2) is 12.1 Å². The quantitative estimate of drug-likeness (QED) is 0.655. The van der Waals surface area contributed by atoms with Crippen molar-refractivity contribution in [1.82, 2.24) is 4.98 Å². The zero-order valence-corrected chi connectivity index (χ0v) is 6.85. The van der Waals surface area contributed by atoms with E-state index in [1.807, 2.05) is 0 Å². The van der Waals surface area contributed by atoms with E-state index in [1.165, 1.54) is 19.2 Å².